The van der Waals surface area contributed by atoms with Crippen molar-refractivity contribution in [3.63, 3.8) is 0 Å². The van der Waals surface area contributed by atoms with E-state index in [9.17, 15) is 14.4 Å². The fourth-order valence-corrected chi connectivity index (χ4v) is 4.59. The number of alkyl carbamates (subject to hydrolysis) is 1. The van der Waals surface area contributed by atoms with E-state index < -0.39 is 18.0 Å². The lowest BCUT2D eigenvalue weighted by atomic mass is 9.98. The van der Waals surface area contributed by atoms with Gasteiger partial charge < -0.3 is 20.1 Å². The van der Waals surface area contributed by atoms with Crippen molar-refractivity contribution in [2.45, 2.75) is 25.7 Å². The third-order valence-electron chi connectivity index (χ3n) is 6.35. The summed E-state index contributed by atoms with van der Waals surface area (Å²) in [7, 11) is 0. The van der Waals surface area contributed by atoms with Crippen molar-refractivity contribution in [2.24, 2.45) is 11.8 Å². The average Bonchev–Trinajstić information content (AvgIpc) is 3.40. The number of nitrogens with zero attached hydrogens (tertiary/aromatic N) is 1. The monoisotopic (exact) mass is 436 g/mol. The highest BCUT2D eigenvalue weighted by Gasteiger charge is 2.31. The van der Waals surface area contributed by atoms with E-state index in [1.54, 1.807) is 4.90 Å². The van der Waals surface area contributed by atoms with Gasteiger partial charge >= 0.3 is 12.1 Å². The van der Waals surface area contributed by atoms with Gasteiger partial charge in [0, 0.05) is 32.0 Å². The van der Waals surface area contributed by atoms with Gasteiger partial charge in [0.1, 0.15) is 6.61 Å². The van der Waals surface area contributed by atoms with Crippen molar-refractivity contribution in [1.82, 2.24) is 10.2 Å². The summed E-state index contributed by atoms with van der Waals surface area (Å²) in [6.45, 7) is 3.19. The molecule has 2 N–H and O–H groups in total. The van der Waals surface area contributed by atoms with Crippen LogP contribution < -0.4 is 5.32 Å². The zero-order valence-electron chi connectivity index (χ0n) is 18.1. The molecule has 168 valence electrons. The van der Waals surface area contributed by atoms with Crippen LogP contribution in [0.3, 0.4) is 0 Å². The lowest BCUT2D eigenvalue weighted by molar-refractivity contribution is -0.141. The van der Waals surface area contributed by atoms with Gasteiger partial charge in [-0.1, -0.05) is 55.5 Å². The zero-order chi connectivity index (χ0) is 22.7. The summed E-state index contributed by atoms with van der Waals surface area (Å²) in [6, 6.07) is 16.3. The number of aliphatic carboxylic acids is 1. The van der Waals surface area contributed by atoms with Gasteiger partial charge in [0.15, 0.2) is 0 Å². The summed E-state index contributed by atoms with van der Waals surface area (Å²) < 4.78 is 5.52. The number of benzene rings is 2. The summed E-state index contributed by atoms with van der Waals surface area (Å²) in [6.07, 6.45) is 0.252. The molecule has 32 heavy (non-hydrogen) atoms. The fourth-order valence-electron chi connectivity index (χ4n) is 4.59. The van der Waals surface area contributed by atoms with Gasteiger partial charge in [0.25, 0.3) is 0 Å². The van der Waals surface area contributed by atoms with Crippen LogP contribution in [0.1, 0.15) is 36.8 Å². The molecule has 0 radical (unpaired) electrons. The van der Waals surface area contributed by atoms with Crippen molar-refractivity contribution in [3.05, 3.63) is 59.7 Å². The summed E-state index contributed by atoms with van der Waals surface area (Å²) in [5.41, 5.74) is 4.67. The Kier molecular flexibility index (Phi) is 6.44. The molecular weight excluding hydrogens is 408 g/mol. The number of carbonyl (C=O) groups is 3. The van der Waals surface area contributed by atoms with Crippen LogP contribution in [0.15, 0.2) is 48.5 Å². The fraction of sp³-hybridized carbons (Fsp3) is 0.400. The molecule has 0 aromatic heterocycles. The van der Waals surface area contributed by atoms with Gasteiger partial charge in [-0.2, -0.15) is 0 Å². The number of carboxylic acids is 1. The molecule has 2 aromatic rings. The molecule has 7 heteroatoms. The molecule has 0 saturated carbocycles. The maximum Gasteiger partial charge on any atom is 0.407 e. The molecule has 1 saturated heterocycles. The first-order valence-electron chi connectivity index (χ1n) is 11.0. The molecule has 2 amide bonds. The van der Waals surface area contributed by atoms with Crippen molar-refractivity contribution < 1.29 is 24.2 Å². The smallest absolute Gasteiger partial charge is 0.407 e. The molecule has 0 bridgehead atoms. The van der Waals surface area contributed by atoms with Gasteiger partial charge in [-0.05, 0) is 34.6 Å². The van der Waals surface area contributed by atoms with E-state index in [2.05, 4.69) is 29.6 Å². The normalized spacial score (nSPS) is 18.0. The van der Waals surface area contributed by atoms with E-state index >= 15 is 0 Å². The second kappa shape index (κ2) is 9.42. The summed E-state index contributed by atoms with van der Waals surface area (Å²) >= 11 is 0. The molecule has 1 fully saturated rings. The second-order valence-electron chi connectivity index (χ2n) is 8.68. The lowest BCUT2D eigenvalue weighted by Crippen LogP contribution is -2.34. The van der Waals surface area contributed by atoms with E-state index in [0.717, 1.165) is 11.1 Å². The van der Waals surface area contributed by atoms with Crippen molar-refractivity contribution in [1.29, 1.82) is 0 Å². The minimum absolute atomic E-state index is 0.00417. The number of likely N-dealkylation sites (tertiary alicyclic amines) is 1. The number of hydrogen-bond donors (Lipinski definition) is 2. The Labute approximate surface area is 187 Å². The number of carbonyl (C=O) groups excluding carboxylic acids is 2. The number of carboxylic acid groups (broad SMARTS) is 1. The predicted molar refractivity (Wildman–Crippen MR) is 119 cm³/mol. The van der Waals surface area contributed by atoms with Gasteiger partial charge in [-0.25, -0.2) is 4.79 Å². The maximum atomic E-state index is 12.4. The Balaban J connectivity index is 1.24. The molecule has 4 rings (SSSR count). The first-order chi connectivity index (χ1) is 15.4. The van der Waals surface area contributed by atoms with Crippen LogP contribution in [0.2, 0.25) is 0 Å². The number of fused-ring (bicyclic) bond motifs is 3. The number of amides is 2. The average molecular weight is 437 g/mol. The van der Waals surface area contributed by atoms with E-state index in [4.69, 9.17) is 9.84 Å². The van der Waals surface area contributed by atoms with Crippen LogP contribution in [0, 0.1) is 11.8 Å². The number of nitrogens with one attached hydrogen (secondary N) is 1. The highest BCUT2D eigenvalue weighted by atomic mass is 16.5. The largest absolute Gasteiger partial charge is 0.481 e. The Morgan fingerprint density at radius 3 is 2.31 bits per heavy atom. The van der Waals surface area contributed by atoms with Crippen molar-refractivity contribution >= 4 is 18.0 Å². The highest BCUT2D eigenvalue weighted by molar-refractivity contribution is 5.80. The van der Waals surface area contributed by atoms with E-state index in [1.165, 1.54) is 11.1 Å². The number of hydrogen-bond acceptors (Lipinski definition) is 4. The van der Waals surface area contributed by atoms with E-state index in [1.807, 2.05) is 31.2 Å². The standard InChI is InChI=1S/C25H28N2O5/c1-16(12-23(28)27-11-10-17(14-27)24(29)30)13-26-25(31)32-15-22-20-8-4-2-6-18(20)19-7-3-5-9-21(19)22/h2-9,16-17,22H,10-15H2,1H3,(H,26,31)(H,29,30). The van der Waals surface area contributed by atoms with Gasteiger partial charge in [-0.15, -0.1) is 0 Å². The Morgan fingerprint density at radius 2 is 1.72 bits per heavy atom. The van der Waals surface area contributed by atoms with Crippen LogP contribution in [0.5, 0.6) is 0 Å². The van der Waals surface area contributed by atoms with E-state index in [0.29, 0.717) is 19.5 Å². The Bertz CT molecular complexity index is 975. The molecule has 1 heterocycles. The minimum atomic E-state index is -0.856. The molecule has 2 aromatic carbocycles. The summed E-state index contributed by atoms with van der Waals surface area (Å²) in [4.78, 5) is 37.3. The second-order valence-corrected chi connectivity index (χ2v) is 8.68. The number of rotatable bonds is 7. The zero-order valence-corrected chi connectivity index (χ0v) is 18.1. The Morgan fingerprint density at radius 1 is 1.09 bits per heavy atom. The van der Waals surface area contributed by atoms with Gasteiger partial charge in [0.2, 0.25) is 5.91 Å². The molecule has 2 aliphatic rings. The topological polar surface area (TPSA) is 95.9 Å². The minimum Gasteiger partial charge on any atom is -0.481 e. The molecule has 2 atom stereocenters. The van der Waals surface area contributed by atoms with Crippen LogP contribution >= 0.6 is 0 Å². The maximum absolute atomic E-state index is 12.4. The third-order valence-corrected chi connectivity index (χ3v) is 6.35. The first kappa shape index (κ1) is 21.9. The molecule has 1 aliphatic heterocycles. The van der Waals surface area contributed by atoms with Crippen LogP contribution in [-0.2, 0) is 14.3 Å². The molecule has 1 aliphatic carbocycles. The van der Waals surface area contributed by atoms with Crippen molar-refractivity contribution in [3.8, 4) is 11.1 Å². The number of ether oxygens (including phenoxy) is 1. The van der Waals surface area contributed by atoms with Crippen LogP contribution in [-0.4, -0.2) is 54.2 Å². The van der Waals surface area contributed by atoms with Crippen LogP contribution in [0.25, 0.3) is 11.1 Å². The first-order valence-corrected chi connectivity index (χ1v) is 11.0. The summed E-state index contributed by atoms with van der Waals surface area (Å²) in [5, 5.41) is 11.8. The van der Waals surface area contributed by atoms with Gasteiger partial charge in [-0.3, -0.25) is 9.59 Å². The highest BCUT2D eigenvalue weighted by Crippen LogP contribution is 2.44. The quantitative estimate of drug-likeness (QED) is 0.693. The SMILES string of the molecule is CC(CNC(=O)OCC1c2ccccc2-c2ccccc21)CC(=O)N1CCC(C(=O)O)C1. The molecule has 0 spiro atoms. The molecule has 7 nitrogen and oxygen atoms in total. The molecule has 2 unspecified atom stereocenters. The predicted octanol–water partition coefficient (Wildman–Crippen LogP) is 3.48. The van der Waals surface area contributed by atoms with Crippen molar-refractivity contribution in [2.75, 3.05) is 26.2 Å². The summed E-state index contributed by atoms with van der Waals surface area (Å²) in [5.74, 6) is -1.48. The lowest BCUT2D eigenvalue weighted by Gasteiger charge is -2.19. The van der Waals surface area contributed by atoms with Crippen LogP contribution in [0.4, 0.5) is 4.79 Å². The Hall–Kier alpha value is -3.35. The van der Waals surface area contributed by atoms with E-state index in [-0.39, 0.29) is 37.3 Å². The van der Waals surface area contributed by atoms with Gasteiger partial charge in [0.05, 0.1) is 5.92 Å². The molecular formula is C25H28N2O5. The third kappa shape index (κ3) is 4.61.